The van der Waals surface area contributed by atoms with Crippen LogP contribution in [-0.2, 0) is 35.3 Å². The van der Waals surface area contributed by atoms with Gasteiger partial charge in [-0.3, -0.25) is 14.4 Å². The monoisotopic (exact) mass is 496 g/mol. The number of benzene rings is 2. The van der Waals surface area contributed by atoms with Gasteiger partial charge in [0.2, 0.25) is 5.91 Å². The van der Waals surface area contributed by atoms with Crippen molar-refractivity contribution in [2.45, 2.75) is 31.0 Å². The Kier molecular flexibility index (Phi) is 7.71. The van der Waals surface area contributed by atoms with Gasteiger partial charge in [0.1, 0.15) is 30.4 Å². The number of hydrogen-bond donors (Lipinski definition) is 1. The maximum absolute atomic E-state index is 13.0. The molecule has 2 aromatic rings. The van der Waals surface area contributed by atoms with Crippen molar-refractivity contribution >= 4 is 35.5 Å². The van der Waals surface area contributed by atoms with E-state index in [0.717, 1.165) is 5.56 Å². The van der Waals surface area contributed by atoms with Crippen LogP contribution in [-0.4, -0.2) is 59.3 Å². The van der Waals surface area contributed by atoms with Crippen LogP contribution in [0.4, 0.5) is 0 Å². The van der Waals surface area contributed by atoms with Crippen LogP contribution < -0.4 is 10.1 Å². The SMILES string of the molecule is CC(=O)OCC1=CS[C@H]2C(NC(=O)COc3ccccc3)C(=O)N2C1C(=O)OCc1ccccc1. The first-order valence-corrected chi connectivity index (χ1v) is 11.9. The minimum Gasteiger partial charge on any atom is -0.484 e. The number of carbonyl (C=O) groups excluding carboxylic acids is 4. The third kappa shape index (κ3) is 5.83. The number of β-lactam (4-membered cyclic amide) rings is 1. The molecule has 0 aromatic heterocycles. The smallest absolute Gasteiger partial charge is 0.333 e. The Morgan fingerprint density at radius 1 is 0.971 bits per heavy atom. The molecule has 10 heteroatoms. The van der Waals surface area contributed by atoms with Gasteiger partial charge in [-0.1, -0.05) is 48.5 Å². The molecule has 2 amide bonds. The summed E-state index contributed by atoms with van der Waals surface area (Å²) in [6, 6.07) is 16.1. The summed E-state index contributed by atoms with van der Waals surface area (Å²) >= 11 is 1.27. The third-order valence-electron chi connectivity index (χ3n) is 5.39. The molecular formula is C25H24N2O7S. The molecule has 0 bridgehead atoms. The predicted molar refractivity (Wildman–Crippen MR) is 127 cm³/mol. The number of ether oxygens (including phenoxy) is 3. The molecule has 0 aliphatic carbocycles. The minimum absolute atomic E-state index is 0.0356. The predicted octanol–water partition coefficient (Wildman–Crippen LogP) is 2.02. The first-order chi connectivity index (χ1) is 16.9. The van der Waals surface area contributed by atoms with Gasteiger partial charge >= 0.3 is 11.9 Å². The quantitative estimate of drug-likeness (QED) is 0.415. The van der Waals surface area contributed by atoms with Crippen LogP contribution in [0.15, 0.2) is 71.6 Å². The van der Waals surface area contributed by atoms with Crippen molar-refractivity contribution in [2.24, 2.45) is 0 Å². The molecule has 9 nitrogen and oxygen atoms in total. The Bertz CT molecular complexity index is 1120. The molecule has 1 saturated heterocycles. The van der Waals surface area contributed by atoms with Crippen LogP contribution in [0.5, 0.6) is 5.75 Å². The average molecular weight is 497 g/mol. The number of fused-ring (bicyclic) bond motifs is 1. The summed E-state index contributed by atoms with van der Waals surface area (Å²) in [6.07, 6.45) is 0. The molecule has 4 rings (SSSR count). The second-order valence-electron chi connectivity index (χ2n) is 7.89. The Morgan fingerprint density at radius 2 is 1.66 bits per heavy atom. The number of rotatable bonds is 9. The van der Waals surface area contributed by atoms with Crippen LogP contribution in [0, 0.1) is 0 Å². The average Bonchev–Trinajstić information content (AvgIpc) is 2.88. The molecule has 2 aliphatic heterocycles. The van der Waals surface area contributed by atoms with Crippen molar-refractivity contribution in [3.05, 3.63) is 77.2 Å². The van der Waals surface area contributed by atoms with Crippen LogP contribution in [0.1, 0.15) is 12.5 Å². The van der Waals surface area contributed by atoms with Gasteiger partial charge < -0.3 is 24.4 Å². The highest BCUT2D eigenvalue weighted by Crippen LogP contribution is 2.40. The number of para-hydroxylation sites is 1. The highest BCUT2D eigenvalue weighted by Gasteiger charge is 2.56. The number of amides is 2. The summed E-state index contributed by atoms with van der Waals surface area (Å²) in [5.41, 5.74) is 1.23. The lowest BCUT2D eigenvalue weighted by Crippen LogP contribution is -2.74. The van der Waals surface area contributed by atoms with Crippen molar-refractivity contribution in [1.82, 2.24) is 10.2 Å². The molecule has 0 saturated carbocycles. The van der Waals surface area contributed by atoms with E-state index in [1.54, 1.807) is 29.7 Å². The molecule has 2 heterocycles. The normalized spacial score (nSPS) is 20.6. The van der Waals surface area contributed by atoms with Crippen molar-refractivity contribution in [2.75, 3.05) is 13.2 Å². The maximum atomic E-state index is 13.0. The van der Waals surface area contributed by atoms with E-state index in [2.05, 4.69) is 5.32 Å². The molecule has 2 unspecified atom stereocenters. The van der Waals surface area contributed by atoms with Crippen molar-refractivity contribution in [3.63, 3.8) is 0 Å². The first-order valence-electron chi connectivity index (χ1n) is 10.9. The van der Waals surface area contributed by atoms with Crippen molar-refractivity contribution in [3.8, 4) is 5.75 Å². The summed E-state index contributed by atoms with van der Waals surface area (Å²) in [5, 5.41) is 3.86. The van der Waals surface area contributed by atoms with E-state index in [1.165, 1.54) is 23.6 Å². The van der Waals surface area contributed by atoms with Gasteiger partial charge in [-0.2, -0.15) is 0 Å². The van der Waals surface area contributed by atoms with Crippen LogP contribution in [0.2, 0.25) is 0 Å². The fourth-order valence-electron chi connectivity index (χ4n) is 3.69. The van der Waals surface area contributed by atoms with E-state index in [4.69, 9.17) is 14.2 Å². The fraction of sp³-hybridized carbons (Fsp3) is 0.280. The number of thioether (sulfide) groups is 1. The number of nitrogens with one attached hydrogen (secondary N) is 1. The molecule has 1 N–H and O–H groups in total. The fourth-order valence-corrected chi connectivity index (χ4v) is 4.90. The van der Waals surface area contributed by atoms with Gasteiger partial charge in [0, 0.05) is 12.5 Å². The number of hydrogen-bond acceptors (Lipinski definition) is 8. The summed E-state index contributed by atoms with van der Waals surface area (Å²) in [5.74, 6) is -1.48. The number of nitrogens with zero attached hydrogens (tertiary/aromatic N) is 1. The summed E-state index contributed by atoms with van der Waals surface area (Å²) in [6.45, 7) is 0.904. The van der Waals surface area contributed by atoms with Gasteiger partial charge in [0.05, 0.1) is 0 Å². The van der Waals surface area contributed by atoms with E-state index in [0.29, 0.717) is 11.3 Å². The zero-order chi connectivity index (χ0) is 24.8. The largest absolute Gasteiger partial charge is 0.484 e. The van der Waals surface area contributed by atoms with E-state index in [1.807, 2.05) is 36.4 Å². The standard InChI is InChI=1S/C25H24N2O7S/c1-16(28)32-13-18-15-35-24-21(26-20(29)14-33-19-10-6-3-7-11-19)23(30)27(24)22(18)25(31)34-12-17-8-4-2-5-9-17/h2-11,15,21-22,24H,12-14H2,1H3,(H,26,29)/t21?,22?,24-/m0/s1. The molecule has 1 fully saturated rings. The van der Waals surface area contributed by atoms with E-state index in [9.17, 15) is 19.2 Å². The Balaban J connectivity index is 1.41. The Morgan fingerprint density at radius 3 is 2.34 bits per heavy atom. The van der Waals surface area contributed by atoms with Gasteiger partial charge in [-0.15, -0.1) is 11.8 Å². The highest BCUT2D eigenvalue weighted by molar-refractivity contribution is 8.02. The molecule has 35 heavy (non-hydrogen) atoms. The van der Waals surface area contributed by atoms with E-state index >= 15 is 0 Å². The molecule has 2 aromatic carbocycles. The summed E-state index contributed by atoms with van der Waals surface area (Å²) < 4.78 is 16.0. The van der Waals surface area contributed by atoms with Crippen LogP contribution >= 0.6 is 11.8 Å². The molecule has 3 atom stereocenters. The second kappa shape index (κ2) is 11.1. The summed E-state index contributed by atoms with van der Waals surface area (Å²) in [4.78, 5) is 51.1. The lowest BCUT2D eigenvalue weighted by molar-refractivity contribution is -0.164. The van der Waals surface area contributed by atoms with Crippen LogP contribution in [0.3, 0.4) is 0 Å². The lowest BCUT2D eigenvalue weighted by Gasteiger charge is -2.51. The number of esters is 2. The molecule has 0 spiro atoms. The molecule has 0 radical (unpaired) electrons. The maximum Gasteiger partial charge on any atom is 0.333 e. The Hall–Kier alpha value is -3.79. The third-order valence-corrected chi connectivity index (χ3v) is 6.60. The van der Waals surface area contributed by atoms with E-state index < -0.39 is 41.2 Å². The zero-order valence-corrected chi connectivity index (χ0v) is 19.7. The molecular weight excluding hydrogens is 472 g/mol. The van der Waals surface area contributed by atoms with Crippen LogP contribution in [0.25, 0.3) is 0 Å². The van der Waals surface area contributed by atoms with E-state index in [-0.39, 0.29) is 19.8 Å². The molecule has 182 valence electrons. The Labute approximate surface area is 206 Å². The van der Waals surface area contributed by atoms with Crippen molar-refractivity contribution < 1.29 is 33.4 Å². The second-order valence-corrected chi connectivity index (χ2v) is 8.88. The highest BCUT2D eigenvalue weighted by atomic mass is 32.2. The van der Waals surface area contributed by atoms with Crippen molar-refractivity contribution in [1.29, 1.82) is 0 Å². The van der Waals surface area contributed by atoms with Gasteiger partial charge in [-0.25, -0.2) is 4.79 Å². The molecule has 2 aliphatic rings. The van der Waals surface area contributed by atoms with Gasteiger partial charge in [0.25, 0.3) is 5.91 Å². The van der Waals surface area contributed by atoms with Gasteiger partial charge in [0.15, 0.2) is 12.6 Å². The number of carbonyl (C=O) groups is 4. The summed E-state index contributed by atoms with van der Waals surface area (Å²) in [7, 11) is 0. The lowest BCUT2D eigenvalue weighted by atomic mass is 9.98. The first kappa shape index (κ1) is 24.3. The minimum atomic E-state index is -1.05. The topological polar surface area (TPSA) is 111 Å². The zero-order valence-electron chi connectivity index (χ0n) is 18.9. The van der Waals surface area contributed by atoms with Gasteiger partial charge in [-0.05, 0) is 23.1 Å².